The van der Waals surface area contributed by atoms with Gasteiger partial charge in [0.1, 0.15) is 4.34 Å². The SMILES string of the molecule is O=C1CCN(c2ccsc2Cl)C1=O. The average molecular weight is 216 g/mol. The topological polar surface area (TPSA) is 37.4 Å². The molecule has 5 heteroatoms. The number of carbonyl (C=O) groups excluding carboxylic acids is 2. The Bertz CT molecular complexity index is 374. The van der Waals surface area contributed by atoms with Crippen molar-refractivity contribution in [3.8, 4) is 0 Å². The van der Waals surface area contributed by atoms with Crippen LogP contribution in [0.5, 0.6) is 0 Å². The summed E-state index contributed by atoms with van der Waals surface area (Å²) >= 11 is 7.20. The Hall–Kier alpha value is -0.870. The van der Waals surface area contributed by atoms with E-state index in [4.69, 9.17) is 11.6 Å². The fraction of sp³-hybridized carbons (Fsp3) is 0.250. The molecular weight excluding hydrogens is 210 g/mol. The third kappa shape index (κ3) is 1.36. The third-order valence-corrected chi connectivity index (χ3v) is 3.08. The van der Waals surface area contributed by atoms with Crippen LogP contribution in [0, 0.1) is 0 Å². The molecule has 1 aromatic rings. The highest BCUT2D eigenvalue weighted by atomic mass is 35.5. The Kier molecular flexibility index (Phi) is 2.09. The summed E-state index contributed by atoms with van der Waals surface area (Å²) in [5.74, 6) is -0.775. The second-order valence-electron chi connectivity index (χ2n) is 2.71. The number of hydrogen-bond donors (Lipinski definition) is 0. The van der Waals surface area contributed by atoms with E-state index in [9.17, 15) is 9.59 Å². The van der Waals surface area contributed by atoms with E-state index in [1.165, 1.54) is 16.2 Å². The monoisotopic (exact) mass is 215 g/mol. The standard InChI is InChI=1S/C8H6ClNO2S/c9-7-5(2-4-13-7)10-3-1-6(11)8(10)12/h2,4H,1,3H2. The first kappa shape index (κ1) is 8.72. The summed E-state index contributed by atoms with van der Waals surface area (Å²) in [4.78, 5) is 23.7. The lowest BCUT2D eigenvalue weighted by molar-refractivity contribution is -0.133. The molecule has 1 amide bonds. The second-order valence-corrected chi connectivity index (χ2v) is 4.23. The van der Waals surface area contributed by atoms with Crippen LogP contribution in [0.4, 0.5) is 5.69 Å². The summed E-state index contributed by atoms with van der Waals surface area (Å²) in [6, 6.07) is 1.75. The van der Waals surface area contributed by atoms with Crippen LogP contribution in [0.15, 0.2) is 11.4 Å². The normalized spacial score (nSPS) is 17.2. The minimum atomic E-state index is -0.444. The first-order valence-electron chi connectivity index (χ1n) is 3.78. The zero-order valence-electron chi connectivity index (χ0n) is 6.62. The van der Waals surface area contributed by atoms with Crippen LogP contribution in [0.3, 0.4) is 0 Å². The molecule has 0 aliphatic carbocycles. The molecule has 0 saturated carbocycles. The van der Waals surface area contributed by atoms with Crippen LogP contribution < -0.4 is 4.90 Å². The largest absolute Gasteiger partial charge is 0.303 e. The molecule has 1 aliphatic heterocycles. The number of halogens is 1. The Labute approximate surface area is 83.9 Å². The van der Waals surface area contributed by atoms with E-state index in [0.717, 1.165) is 0 Å². The molecule has 1 fully saturated rings. The molecule has 0 radical (unpaired) electrons. The van der Waals surface area contributed by atoms with E-state index in [2.05, 4.69) is 0 Å². The Morgan fingerprint density at radius 1 is 1.46 bits per heavy atom. The van der Waals surface area contributed by atoms with E-state index in [-0.39, 0.29) is 5.78 Å². The minimum absolute atomic E-state index is 0.297. The van der Waals surface area contributed by atoms with Gasteiger partial charge >= 0.3 is 0 Å². The molecule has 13 heavy (non-hydrogen) atoms. The number of carbonyl (C=O) groups is 2. The lowest BCUT2D eigenvalue weighted by Gasteiger charge is -2.12. The first-order chi connectivity index (χ1) is 6.20. The van der Waals surface area contributed by atoms with Gasteiger partial charge in [0.15, 0.2) is 0 Å². The summed E-state index contributed by atoms with van der Waals surface area (Å²) in [7, 11) is 0. The van der Waals surface area contributed by atoms with Crippen molar-refractivity contribution >= 4 is 40.3 Å². The third-order valence-electron chi connectivity index (χ3n) is 1.94. The van der Waals surface area contributed by atoms with Crippen molar-refractivity contribution in [1.82, 2.24) is 0 Å². The number of hydrogen-bond acceptors (Lipinski definition) is 3. The van der Waals surface area contributed by atoms with Gasteiger partial charge in [0.05, 0.1) is 5.69 Å². The molecule has 1 aliphatic rings. The molecule has 0 N–H and O–H groups in total. The van der Waals surface area contributed by atoms with Gasteiger partial charge in [-0.3, -0.25) is 9.59 Å². The number of thiophene rings is 1. The van der Waals surface area contributed by atoms with Crippen LogP contribution in [-0.2, 0) is 9.59 Å². The predicted octanol–water partition coefficient (Wildman–Crippen LogP) is 1.71. The van der Waals surface area contributed by atoms with E-state index < -0.39 is 5.91 Å². The minimum Gasteiger partial charge on any atom is -0.303 e. The van der Waals surface area contributed by atoms with Gasteiger partial charge < -0.3 is 4.90 Å². The van der Waals surface area contributed by atoms with Crippen LogP contribution in [0.25, 0.3) is 0 Å². The second kappa shape index (κ2) is 3.12. The summed E-state index contributed by atoms with van der Waals surface area (Å²) in [5, 5.41) is 1.80. The van der Waals surface area contributed by atoms with Crippen LogP contribution in [0.2, 0.25) is 4.34 Å². The molecule has 2 heterocycles. The van der Waals surface area contributed by atoms with E-state index >= 15 is 0 Å². The fourth-order valence-corrected chi connectivity index (χ4v) is 2.22. The van der Waals surface area contributed by atoms with Crippen molar-refractivity contribution in [3.63, 3.8) is 0 Å². The smallest absolute Gasteiger partial charge is 0.294 e. The molecule has 0 unspecified atom stereocenters. The van der Waals surface area contributed by atoms with Gasteiger partial charge in [0, 0.05) is 13.0 Å². The molecular formula is C8H6ClNO2S. The summed E-state index contributed by atoms with van der Waals surface area (Å²) in [5.41, 5.74) is 0.655. The van der Waals surface area contributed by atoms with Crippen LogP contribution in [0.1, 0.15) is 6.42 Å². The molecule has 2 rings (SSSR count). The van der Waals surface area contributed by atoms with E-state index in [1.54, 1.807) is 11.4 Å². The highest BCUT2D eigenvalue weighted by Gasteiger charge is 2.31. The number of nitrogens with zero attached hydrogens (tertiary/aromatic N) is 1. The zero-order chi connectivity index (χ0) is 9.42. The Morgan fingerprint density at radius 3 is 2.69 bits per heavy atom. The summed E-state index contributed by atoms with van der Waals surface area (Å²) < 4.78 is 0.558. The van der Waals surface area contributed by atoms with E-state index in [0.29, 0.717) is 23.0 Å². The van der Waals surface area contributed by atoms with Gasteiger partial charge in [-0.1, -0.05) is 11.6 Å². The van der Waals surface area contributed by atoms with Crippen molar-refractivity contribution in [3.05, 3.63) is 15.8 Å². The lowest BCUT2D eigenvalue weighted by Crippen LogP contribution is -2.26. The Morgan fingerprint density at radius 2 is 2.23 bits per heavy atom. The molecule has 3 nitrogen and oxygen atoms in total. The first-order valence-corrected chi connectivity index (χ1v) is 5.03. The number of ketones is 1. The highest BCUT2D eigenvalue weighted by molar-refractivity contribution is 7.15. The fourth-order valence-electron chi connectivity index (χ4n) is 1.28. The van der Waals surface area contributed by atoms with Crippen molar-refractivity contribution < 1.29 is 9.59 Å². The molecule has 0 spiro atoms. The number of amides is 1. The zero-order valence-corrected chi connectivity index (χ0v) is 8.19. The van der Waals surface area contributed by atoms with Gasteiger partial charge in [0.25, 0.3) is 5.91 Å². The van der Waals surface area contributed by atoms with Gasteiger partial charge in [-0.05, 0) is 11.4 Å². The summed E-state index contributed by atoms with van der Waals surface area (Å²) in [6.45, 7) is 0.453. The number of anilines is 1. The molecule has 0 atom stereocenters. The van der Waals surface area contributed by atoms with Gasteiger partial charge in [0.2, 0.25) is 5.78 Å². The molecule has 1 saturated heterocycles. The molecule has 1 aromatic heterocycles. The molecule has 0 bridgehead atoms. The molecule has 68 valence electrons. The Balaban J connectivity index is 2.33. The summed E-state index contributed by atoms with van der Waals surface area (Å²) in [6.07, 6.45) is 0.297. The lowest BCUT2D eigenvalue weighted by atomic mass is 10.3. The average Bonchev–Trinajstić information content (AvgIpc) is 2.62. The van der Waals surface area contributed by atoms with Crippen molar-refractivity contribution in [2.45, 2.75) is 6.42 Å². The number of Topliss-reactive ketones (excluding diaryl/α,β-unsaturated/α-hetero) is 1. The number of rotatable bonds is 1. The quantitative estimate of drug-likeness (QED) is 0.669. The van der Waals surface area contributed by atoms with Gasteiger partial charge in [-0.2, -0.15) is 0 Å². The van der Waals surface area contributed by atoms with Crippen molar-refractivity contribution in [2.75, 3.05) is 11.4 Å². The van der Waals surface area contributed by atoms with Crippen LogP contribution in [-0.4, -0.2) is 18.2 Å². The highest BCUT2D eigenvalue weighted by Crippen LogP contribution is 2.32. The maximum Gasteiger partial charge on any atom is 0.294 e. The van der Waals surface area contributed by atoms with Gasteiger partial charge in [-0.25, -0.2) is 0 Å². The van der Waals surface area contributed by atoms with Gasteiger partial charge in [-0.15, -0.1) is 11.3 Å². The van der Waals surface area contributed by atoms with Crippen molar-refractivity contribution in [1.29, 1.82) is 0 Å². The van der Waals surface area contributed by atoms with Crippen LogP contribution >= 0.6 is 22.9 Å². The predicted molar refractivity (Wildman–Crippen MR) is 51.3 cm³/mol. The maximum atomic E-state index is 11.3. The van der Waals surface area contributed by atoms with E-state index in [1.807, 2.05) is 0 Å². The molecule has 0 aromatic carbocycles. The maximum absolute atomic E-state index is 11.3. The van der Waals surface area contributed by atoms with Crippen molar-refractivity contribution in [2.24, 2.45) is 0 Å².